The van der Waals surface area contributed by atoms with Crippen molar-refractivity contribution in [3.8, 4) is 0 Å². The fourth-order valence-electron chi connectivity index (χ4n) is 2.65. The molecule has 5 nitrogen and oxygen atoms in total. The van der Waals surface area contributed by atoms with Gasteiger partial charge in [-0.1, -0.05) is 6.07 Å². The molecule has 0 spiro atoms. The third kappa shape index (κ3) is 3.11. The lowest BCUT2D eigenvalue weighted by Gasteiger charge is -2.13. The Morgan fingerprint density at radius 2 is 1.96 bits per heavy atom. The molecule has 1 amide bonds. The number of hydrogen-bond acceptors (Lipinski definition) is 3. The number of nitrogens with zero attached hydrogens (tertiary/aromatic N) is 3. The van der Waals surface area contributed by atoms with E-state index < -0.39 is 0 Å². The first-order valence-electron chi connectivity index (χ1n) is 8.01. The highest BCUT2D eigenvalue weighted by Crippen LogP contribution is 2.22. The Kier molecular flexibility index (Phi) is 4.25. The van der Waals surface area contributed by atoms with Crippen LogP contribution in [0.5, 0.6) is 0 Å². The second-order valence-electron chi connectivity index (χ2n) is 6.35. The summed E-state index contributed by atoms with van der Waals surface area (Å²) in [6.07, 6.45) is 1.83. The smallest absolute Gasteiger partial charge is 0.255 e. The van der Waals surface area contributed by atoms with Gasteiger partial charge in [-0.25, -0.2) is 4.98 Å². The number of aromatic nitrogens is 2. The molecule has 124 valence electrons. The molecule has 1 N–H and O–H groups in total. The number of hydrogen-bond donors (Lipinski definition) is 1. The standard InChI is InChI=1S/C19H22N4O/c1-13(2)23-12-20-17-11-15(8-9-18(17)23)21-19(24)14-6-5-7-16(10-14)22(3)4/h5-13H,1-4H3,(H,21,24). The number of amides is 1. The number of benzene rings is 2. The third-order valence-corrected chi connectivity index (χ3v) is 4.01. The Bertz CT molecular complexity index is 880. The van der Waals surface area contributed by atoms with Gasteiger partial charge in [-0.05, 0) is 50.2 Å². The summed E-state index contributed by atoms with van der Waals surface area (Å²) in [4.78, 5) is 18.9. The number of fused-ring (bicyclic) bond motifs is 1. The molecule has 5 heteroatoms. The number of imidazole rings is 1. The fourth-order valence-corrected chi connectivity index (χ4v) is 2.65. The number of rotatable bonds is 4. The van der Waals surface area contributed by atoms with Crippen molar-refractivity contribution in [2.75, 3.05) is 24.3 Å². The summed E-state index contributed by atoms with van der Waals surface area (Å²) < 4.78 is 2.11. The maximum absolute atomic E-state index is 12.5. The van der Waals surface area contributed by atoms with Crippen molar-refractivity contribution in [2.45, 2.75) is 19.9 Å². The first-order chi connectivity index (χ1) is 11.5. The number of carbonyl (C=O) groups excluding carboxylic acids is 1. The van der Waals surface area contributed by atoms with Crippen molar-refractivity contribution < 1.29 is 4.79 Å². The van der Waals surface area contributed by atoms with E-state index in [2.05, 4.69) is 28.7 Å². The van der Waals surface area contributed by atoms with E-state index in [-0.39, 0.29) is 5.91 Å². The second kappa shape index (κ2) is 6.35. The highest BCUT2D eigenvalue weighted by Gasteiger charge is 2.10. The van der Waals surface area contributed by atoms with Crippen molar-refractivity contribution in [1.82, 2.24) is 9.55 Å². The average Bonchev–Trinajstić information content (AvgIpc) is 2.98. The van der Waals surface area contributed by atoms with E-state index >= 15 is 0 Å². The van der Waals surface area contributed by atoms with Crippen LogP contribution in [-0.2, 0) is 0 Å². The molecule has 3 rings (SSSR count). The minimum Gasteiger partial charge on any atom is -0.378 e. The van der Waals surface area contributed by atoms with Crippen LogP contribution in [0.2, 0.25) is 0 Å². The summed E-state index contributed by atoms with van der Waals surface area (Å²) in [7, 11) is 3.91. The minimum absolute atomic E-state index is 0.124. The molecule has 0 atom stereocenters. The Morgan fingerprint density at radius 3 is 2.67 bits per heavy atom. The van der Waals surface area contributed by atoms with Gasteiger partial charge < -0.3 is 14.8 Å². The Labute approximate surface area is 141 Å². The van der Waals surface area contributed by atoms with Crippen LogP contribution >= 0.6 is 0 Å². The van der Waals surface area contributed by atoms with Gasteiger partial charge in [-0.15, -0.1) is 0 Å². The van der Waals surface area contributed by atoms with Crippen LogP contribution in [0.1, 0.15) is 30.2 Å². The predicted molar refractivity (Wildman–Crippen MR) is 98.8 cm³/mol. The van der Waals surface area contributed by atoms with E-state index in [4.69, 9.17) is 0 Å². The van der Waals surface area contributed by atoms with Gasteiger partial charge in [0.05, 0.1) is 17.4 Å². The van der Waals surface area contributed by atoms with Crippen molar-refractivity contribution in [3.63, 3.8) is 0 Å². The SMILES string of the molecule is CC(C)n1cnc2cc(NC(=O)c3cccc(N(C)C)c3)ccc21. The third-order valence-electron chi connectivity index (χ3n) is 4.01. The van der Waals surface area contributed by atoms with E-state index in [1.807, 2.05) is 67.8 Å². The molecule has 24 heavy (non-hydrogen) atoms. The lowest BCUT2D eigenvalue weighted by atomic mass is 10.1. The van der Waals surface area contributed by atoms with E-state index in [9.17, 15) is 4.79 Å². The molecule has 2 aromatic carbocycles. The molecule has 0 saturated heterocycles. The summed E-state index contributed by atoms with van der Waals surface area (Å²) in [5, 5.41) is 2.95. The predicted octanol–water partition coefficient (Wildman–Crippen LogP) is 3.94. The van der Waals surface area contributed by atoms with E-state index in [1.165, 1.54) is 0 Å². The Balaban J connectivity index is 1.84. The molecule has 0 aliphatic carbocycles. The van der Waals surface area contributed by atoms with Gasteiger partial charge in [0.25, 0.3) is 5.91 Å². The van der Waals surface area contributed by atoms with Crippen LogP contribution in [0.25, 0.3) is 11.0 Å². The van der Waals surface area contributed by atoms with Gasteiger partial charge in [0.2, 0.25) is 0 Å². The number of carbonyl (C=O) groups is 1. The lowest BCUT2D eigenvalue weighted by Crippen LogP contribution is -2.14. The van der Waals surface area contributed by atoms with Gasteiger partial charge in [-0.2, -0.15) is 0 Å². The molecule has 0 aliphatic heterocycles. The van der Waals surface area contributed by atoms with Crippen LogP contribution < -0.4 is 10.2 Å². The van der Waals surface area contributed by atoms with Gasteiger partial charge >= 0.3 is 0 Å². The molecule has 1 heterocycles. The summed E-state index contributed by atoms with van der Waals surface area (Å²) in [6, 6.07) is 13.7. The molecular formula is C19H22N4O. The van der Waals surface area contributed by atoms with E-state index in [0.29, 0.717) is 11.6 Å². The van der Waals surface area contributed by atoms with Crippen molar-refractivity contribution in [3.05, 3.63) is 54.4 Å². The van der Waals surface area contributed by atoms with E-state index in [0.717, 1.165) is 22.4 Å². The second-order valence-corrected chi connectivity index (χ2v) is 6.35. The fraction of sp³-hybridized carbons (Fsp3) is 0.263. The molecule has 0 unspecified atom stereocenters. The van der Waals surface area contributed by atoms with Crippen LogP contribution in [0.3, 0.4) is 0 Å². The van der Waals surface area contributed by atoms with Crippen LogP contribution in [0, 0.1) is 0 Å². The number of anilines is 2. The zero-order chi connectivity index (χ0) is 17.3. The molecule has 0 radical (unpaired) electrons. The average molecular weight is 322 g/mol. The van der Waals surface area contributed by atoms with E-state index in [1.54, 1.807) is 0 Å². The van der Waals surface area contributed by atoms with Gasteiger partial charge in [0.1, 0.15) is 0 Å². The maximum atomic E-state index is 12.5. The normalized spacial score (nSPS) is 11.0. The molecular weight excluding hydrogens is 300 g/mol. The first kappa shape index (κ1) is 16.1. The van der Waals surface area contributed by atoms with Crippen molar-refractivity contribution in [2.24, 2.45) is 0 Å². The van der Waals surface area contributed by atoms with Gasteiger partial charge in [0.15, 0.2) is 0 Å². The summed E-state index contributed by atoms with van der Waals surface area (Å²) >= 11 is 0. The highest BCUT2D eigenvalue weighted by atomic mass is 16.1. The monoisotopic (exact) mass is 322 g/mol. The van der Waals surface area contributed by atoms with Crippen LogP contribution in [0.15, 0.2) is 48.8 Å². The molecule has 3 aromatic rings. The quantitative estimate of drug-likeness (QED) is 0.791. The zero-order valence-corrected chi connectivity index (χ0v) is 14.4. The largest absolute Gasteiger partial charge is 0.378 e. The van der Waals surface area contributed by atoms with Crippen molar-refractivity contribution in [1.29, 1.82) is 0 Å². The highest BCUT2D eigenvalue weighted by molar-refractivity contribution is 6.05. The molecule has 0 bridgehead atoms. The molecule has 0 aliphatic rings. The first-order valence-corrected chi connectivity index (χ1v) is 8.01. The Hall–Kier alpha value is -2.82. The Morgan fingerprint density at radius 1 is 1.17 bits per heavy atom. The molecule has 1 aromatic heterocycles. The summed E-state index contributed by atoms with van der Waals surface area (Å²) in [5.74, 6) is -0.124. The van der Waals surface area contributed by atoms with Crippen molar-refractivity contribution >= 4 is 28.3 Å². The zero-order valence-electron chi connectivity index (χ0n) is 14.4. The summed E-state index contributed by atoms with van der Waals surface area (Å²) in [5.41, 5.74) is 4.32. The summed E-state index contributed by atoms with van der Waals surface area (Å²) in [6.45, 7) is 4.24. The molecule has 0 fully saturated rings. The minimum atomic E-state index is -0.124. The number of nitrogens with one attached hydrogen (secondary N) is 1. The van der Waals surface area contributed by atoms with Gasteiger partial charge in [0, 0.05) is 37.1 Å². The van der Waals surface area contributed by atoms with Crippen LogP contribution in [-0.4, -0.2) is 29.6 Å². The van der Waals surface area contributed by atoms with Crippen LogP contribution in [0.4, 0.5) is 11.4 Å². The van der Waals surface area contributed by atoms with Gasteiger partial charge in [-0.3, -0.25) is 4.79 Å². The topological polar surface area (TPSA) is 50.2 Å². The maximum Gasteiger partial charge on any atom is 0.255 e. The molecule has 0 saturated carbocycles. The lowest BCUT2D eigenvalue weighted by molar-refractivity contribution is 0.102.